The molecular weight excluding hydrogens is 292 g/mol. The molecule has 0 radical (unpaired) electrons. The lowest BCUT2D eigenvalue weighted by atomic mass is 10.2. The van der Waals surface area contributed by atoms with E-state index in [1.165, 1.54) is 4.57 Å². The Kier molecular flexibility index (Phi) is 4.70. The first-order valence-corrected chi connectivity index (χ1v) is 6.99. The zero-order valence-electron chi connectivity index (χ0n) is 11.7. The lowest BCUT2D eigenvalue weighted by molar-refractivity contribution is -0.116. The van der Waals surface area contributed by atoms with Gasteiger partial charge in [0.2, 0.25) is 5.91 Å². The number of hydrogen-bond acceptors (Lipinski definition) is 3. The third-order valence-corrected chi connectivity index (χ3v) is 3.22. The highest BCUT2D eigenvalue weighted by Gasteiger charge is 2.09. The van der Waals surface area contributed by atoms with Crippen molar-refractivity contribution in [3.63, 3.8) is 0 Å². The zero-order chi connectivity index (χ0) is 15.4. The third-order valence-electron chi connectivity index (χ3n) is 2.99. The summed E-state index contributed by atoms with van der Waals surface area (Å²) in [7, 11) is 0. The number of carbonyl (C=O) groups is 1. The molecule has 1 aromatic carbocycles. The molecule has 1 amide bonds. The zero-order valence-corrected chi connectivity index (χ0v) is 12.4. The number of imidazole rings is 1. The molecule has 0 atom stereocenters. The van der Waals surface area contributed by atoms with E-state index >= 15 is 0 Å². The molecule has 3 N–H and O–H groups in total. The van der Waals surface area contributed by atoms with Crippen molar-refractivity contribution >= 4 is 28.9 Å². The van der Waals surface area contributed by atoms with Crippen molar-refractivity contribution in [2.45, 2.75) is 26.4 Å². The van der Waals surface area contributed by atoms with Crippen LogP contribution < -0.4 is 16.7 Å². The van der Waals surface area contributed by atoms with Crippen molar-refractivity contribution < 1.29 is 4.79 Å². The molecule has 0 aliphatic carbocycles. The molecule has 1 aromatic heterocycles. The average molecular weight is 309 g/mol. The number of aryl methyl sites for hydroxylation is 1. The maximum atomic E-state index is 12.0. The molecule has 0 unspecified atom stereocenters. The van der Waals surface area contributed by atoms with Gasteiger partial charge < -0.3 is 11.1 Å². The normalized spacial score (nSPS) is 10.6. The molecule has 2 rings (SSSR count). The molecule has 112 valence electrons. The van der Waals surface area contributed by atoms with Crippen LogP contribution in [0.15, 0.2) is 35.4 Å². The summed E-state index contributed by atoms with van der Waals surface area (Å²) in [5.74, 6) is -0.333. The summed E-state index contributed by atoms with van der Waals surface area (Å²) in [6.45, 7) is 2.55. The van der Waals surface area contributed by atoms with Gasteiger partial charge in [-0.3, -0.25) is 13.9 Å². The first-order valence-electron chi connectivity index (χ1n) is 6.61. The van der Waals surface area contributed by atoms with Crippen LogP contribution in [0.25, 0.3) is 0 Å². The molecule has 0 bridgehead atoms. The summed E-state index contributed by atoms with van der Waals surface area (Å²) in [4.78, 5) is 24.0. The average Bonchev–Trinajstić information content (AvgIpc) is 2.76. The molecule has 0 saturated heterocycles. The molecule has 2 aromatic rings. The quantitative estimate of drug-likeness (QED) is 0.828. The molecular formula is C14H17ClN4O2. The van der Waals surface area contributed by atoms with E-state index in [1.807, 2.05) is 6.92 Å². The van der Waals surface area contributed by atoms with Crippen LogP contribution in [0.4, 0.5) is 11.4 Å². The number of carbonyl (C=O) groups excluding carboxylic acids is 1. The van der Waals surface area contributed by atoms with E-state index in [4.69, 9.17) is 17.3 Å². The lowest BCUT2D eigenvalue weighted by Crippen LogP contribution is -2.29. The van der Waals surface area contributed by atoms with Crippen LogP contribution in [0.1, 0.15) is 13.3 Å². The Morgan fingerprint density at radius 3 is 2.76 bits per heavy atom. The number of nitrogen functional groups attached to an aromatic ring is 1. The number of hydrogen-bond donors (Lipinski definition) is 2. The Balaban J connectivity index is 2.08. The Hall–Kier alpha value is -2.21. The largest absolute Gasteiger partial charge is 0.397 e. The van der Waals surface area contributed by atoms with E-state index in [2.05, 4.69) is 5.32 Å². The van der Waals surface area contributed by atoms with Gasteiger partial charge >= 0.3 is 5.69 Å². The van der Waals surface area contributed by atoms with Gasteiger partial charge in [0.15, 0.2) is 0 Å². The van der Waals surface area contributed by atoms with Crippen LogP contribution in [0.5, 0.6) is 0 Å². The van der Waals surface area contributed by atoms with Crippen LogP contribution in [0.3, 0.4) is 0 Å². The van der Waals surface area contributed by atoms with E-state index in [0.29, 0.717) is 22.9 Å². The van der Waals surface area contributed by atoms with E-state index in [1.54, 1.807) is 35.2 Å². The van der Waals surface area contributed by atoms with Gasteiger partial charge in [-0.2, -0.15) is 0 Å². The molecule has 0 aliphatic heterocycles. The Bertz CT molecular complexity index is 705. The van der Waals surface area contributed by atoms with E-state index in [9.17, 15) is 9.59 Å². The number of nitrogens with two attached hydrogens (primary N) is 1. The summed E-state index contributed by atoms with van der Waals surface area (Å²) in [5.41, 5.74) is 6.41. The minimum Gasteiger partial charge on any atom is -0.397 e. The molecule has 0 fully saturated rings. The second-order valence-corrected chi connectivity index (χ2v) is 5.12. The van der Waals surface area contributed by atoms with Gasteiger partial charge in [-0.25, -0.2) is 4.79 Å². The second kappa shape index (κ2) is 6.49. The number of nitrogens with zero attached hydrogens (tertiary/aromatic N) is 2. The summed E-state index contributed by atoms with van der Waals surface area (Å²) < 4.78 is 2.92. The van der Waals surface area contributed by atoms with Crippen LogP contribution in [-0.4, -0.2) is 15.0 Å². The van der Waals surface area contributed by atoms with Crippen molar-refractivity contribution in [1.29, 1.82) is 0 Å². The molecule has 6 nitrogen and oxygen atoms in total. The predicted molar refractivity (Wildman–Crippen MR) is 83.5 cm³/mol. The Morgan fingerprint density at radius 2 is 2.05 bits per heavy atom. The molecule has 0 spiro atoms. The fourth-order valence-electron chi connectivity index (χ4n) is 1.97. The van der Waals surface area contributed by atoms with Gasteiger partial charge in [0.05, 0.1) is 11.4 Å². The van der Waals surface area contributed by atoms with Gasteiger partial charge in [0.1, 0.15) is 6.54 Å². The topological polar surface area (TPSA) is 82.1 Å². The van der Waals surface area contributed by atoms with Crippen molar-refractivity contribution in [3.8, 4) is 0 Å². The molecule has 1 heterocycles. The first kappa shape index (κ1) is 15.2. The maximum Gasteiger partial charge on any atom is 0.328 e. The fraction of sp³-hybridized carbons (Fsp3) is 0.286. The first-order chi connectivity index (χ1) is 10.0. The minimum atomic E-state index is -0.333. The Labute approximate surface area is 127 Å². The van der Waals surface area contributed by atoms with Gasteiger partial charge in [-0.1, -0.05) is 18.5 Å². The number of anilines is 2. The molecule has 21 heavy (non-hydrogen) atoms. The summed E-state index contributed by atoms with van der Waals surface area (Å²) in [5, 5.41) is 3.13. The van der Waals surface area contributed by atoms with E-state index < -0.39 is 0 Å². The van der Waals surface area contributed by atoms with E-state index in [-0.39, 0.29) is 18.1 Å². The number of aromatic nitrogens is 2. The van der Waals surface area contributed by atoms with Gasteiger partial charge in [0, 0.05) is 24.0 Å². The van der Waals surface area contributed by atoms with Crippen LogP contribution in [0, 0.1) is 0 Å². The van der Waals surface area contributed by atoms with E-state index in [0.717, 1.165) is 6.42 Å². The smallest absolute Gasteiger partial charge is 0.328 e. The second-order valence-electron chi connectivity index (χ2n) is 4.68. The SMILES string of the molecule is CCCn1ccn(CC(=O)Nc2cc(Cl)ccc2N)c1=O. The van der Waals surface area contributed by atoms with Gasteiger partial charge in [-0.05, 0) is 24.6 Å². The van der Waals surface area contributed by atoms with Gasteiger partial charge in [0.25, 0.3) is 0 Å². The van der Waals surface area contributed by atoms with Crippen LogP contribution >= 0.6 is 11.6 Å². The predicted octanol–water partition coefficient (Wildman–Crippen LogP) is 1.93. The maximum absolute atomic E-state index is 12.0. The van der Waals surface area contributed by atoms with Crippen molar-refractivity contribution in [2.24, 2.45) is 0 Å². The Morgan fingerprint density at radius 1 is 1.33 bits per heavy atom. The van der Waals surface area contributed by atoms with Gasteiger partial charge in [-0.15, -0.1) is 0 Å². The third kappa shape index (κ3) is 3.66. The number of rotatable bonds is 5. The standard InChI is InChI=1S/C14H17ClN4O2/c1-2-5-18-6-7-19(14(18)21)9-13(20)17-12-8-10(15)3-4-11(12)16/h3-4,6-8H,2,5,9,16H2,1H3,(H,17,20). The highest BCUT2D eigenvalue weighted by atomic mass is 35.5. The number of halogens is 1. The fourth-order valence-corrected chi connectivity index (χ4v) is 2.14. The summed E-state index contributed by atoms with van der Waals surface area (Å²) >= 11 is 5.86. The molecule has 0 saturated carbocycles. The number of nitrogens with one attached hydrogen (secondary N) is 1. The monoisotopic (exact) mass is 308 g/mol. The van der Waals surface area contributed by atoms with Crippen LogP contribution in [-0.2, 0) is 17.9 Å². The highest BCUT2D eigenvalue weighted by molar-refractivity contribution is 6.31. The summed E-state index contributed by atoms with van der Waals surface area (Å²) in [6, 6.07) is 4.82. The minimum absolute atomic E-state index is 0.0680. The summed E-state index contributed by atoms with van der Waals surface area (Å²) in [6.07, 6.45) is 4.13. The molecule has 7 heteroatoms. The van der Waals surface area contributed by atoms with Crippen molar-refractivity contribution in [1.82, 2.24) is 9.13 Å². The van der Waals surface area contributed by atoms with Crippen molar-refractivity contribution in [2.75, 3.05) is 11.1 Å². The number of amides is 1. The van der Waals surface area contributed by atoms with Crippen LogP contribution in [0.2, 0.25) is 5.02 Å². The molecule has 0 aliphatic rings. The highest BCUT2D eigenvalue weighted by Crippen LogP contribution is 2.22. The lowest BCUT2D eigenvalue weighted by Gasteiger charge is -2.08. The number of benzene rings is 1. The van der Waals surface area contributed by atoms with Crippen molar-refractivity contribution in [3.05, 3.63) is 46.1 Å².